The van der Waals surface area contributed by atoms with Gasteiger partial charge >= 0.3 is 0 Å². The van der Waals surface area contributed by atoms with Crippen LogP contribution in [0.5, 0.6) is 5.75 Å². The molecule has 2 aromatic heterocycles. The molecule has 2 rings (SSSR count). The van der Waals surface area contributed by atoms with Crippen LogP contribution in [0.2, 0.25) is 0 Å². The van der Waals surface area contributed by atoms with E-state index in [1.54, 1.807) is 13.3 Å². The van der Waals surface area contributed by atoms with Crippen LogP contribution in [0.4, 0.5) is 0 Å². The predicted molar refractivity (Wildman–Crippen MR) is 70.5 cm³/mol. The lowest BCUT2D eigenvalue weighted by atomic mass is 10.0. The summed E-state index contributed by atoms with van der Waals surface area (Å²) in [5.74, 6) is 0.706. The van der Waals surface area contributed by atoms with Gasteiger partial charge < -0.3 is 10.5 Å². The van der Waals surface area contributed by atoms with E-state index in [-0.39, 0.29) is 6.04 Å². The number of pyridine rings is 2. The van der Waals surface area contributed by atoms with Crippen molar-refractivity contribution in [1.82, 2.24) is 9.97 Å². The van der Waals surface area contributed by atoms with Crippen molar-refractivity contribution < 1.29 is 4.74 Å². The van der Waals surface area contributed by atoms with E-state index in [1.807, 2.05) is 38.1 Å². The second-order valence-electron chi connectivity index (χ2n) is 4.25. The van der Waals surface area contributed by atoms with Crippen molar-refractivity contribution in [2.24, 2.45) is 5.73 Å². The Morgan fingerprint density at radius 2 is 1.89 bits per heavy atom. The topological polar surface area (TPSA) is 61.0 Å². The van der Waals surface area contributed by atoms with E-state index in [0.29, 0.717) is 5.75 Å². The molecule has 1 unspecified atom stereocenters. The van der Waals surface area contributed by atoms with E-state index < -0.39 is 0 Å². The van der Waals surface area contributed by atoms with E-state index in [2.05, 4.69) is 9.97 Å². The number of ether oxygens (including phenoxy) is 1. The van der Waals surface area contributed by atoms with Crippen molar-refractivity contribution in [3.63, 3.8) is 0 Å². The summed E-state index contributed by atoms with van der Waals surface area (Å²) in [6, 6.07) is 7.35. The van der Waals surface area contributed by atoms with Crippen LogP contribution in [0.15, 0.2) is 30.5 Å². The van der Waals surface area contributed by atoms with Gasteiger partial charge in [0.15, 0.2) is 0 Å². The molecule has 18 heavy (non-hydrogen) atoms. The van der Waals surface area contributed by atoms with Crippen LogP contribution in [0.1, 0.15) is 28.7 Å². The molecule has 0 amide bonds. The highest BCUT2D eigenvalue weighted by Crippen LogP contribution is 2.26. The molecule has 0 aliphatic rings. The van der Waals surface area contributed by atoms with Gasteiger partial charge in [-0.1, -0.05) is 0 Å². The Labute approximate surface area is 107 Å². The van der Waals surface area contributed by atoms with E-state index in [1.165, 1.54) is 0 Å². The monoisotopic (exact) mass is 243 g/mol. The molecule has 0 bridgehead atoms. The first-order valence-electron chi connectivity index (χ1n) is 5.81. The van der Waals surface area contributed by atoms with Gasteiger partial charge in [0.25, 0.3) is 0 Å². The molecule has 2 heterocycles. The third-order valence-electron chi connectivity index (χ3n) is 2.78. The average Bonchev–Trinajstić information content (AvgIpc) is 2.36. The Balaban J connectivity index is 2.44. The lowest BCUT2D eigenvalue weighted by Crippen LogP contribution is -2.15. The first-order chi connectivity index (χ1) is 8.61. The molecule has 94 valence electrons. The molecule has 2 N–H and O–H groups in total. The van der Waals surface area contributed by atoms with Gasteiger partial charge in [-0.15, -0.1) is 0 Å². The zero-order chi connectivity index (χ0) is 13.1. The normalized spacial score (nSPS) is 12.2. The molecular weight excluding hydrogens is 226 g/mol. The van der Waals surface area contributed by atoms with Crippen molar-refractivity contribution >= 4 is 0 Å². The highest BCUT2D eigenvalue weighted by Gasteiger charge is 2.15. The summed E-state index contributed by atoms with van der Waals surface area (Å²) in [5, 5.41) is 0. The van der Waals surface area contributed by atoms with Gasteiger partial charge in [-0.3, -0.25) is 9.97 Å². The molecule has 4 heteroatoms. The summed E-state index contributed by atoms with van der Waals surface area (Å²) in [7, 11) is 1.62. The maximum atomic E-state index is 6.26. The third-order valence-corrected chi connectivity index (χ3v) is 2.78. The molecule has 0 aliphatic carbocycles. The zero-order valence-electron chi connectivity index (χ0n) is 10.8. The number of aromatic nitrogens is 2. The summed E-state index contributed by atoms with van der Waals surface area (Å²) < 4.78 is 5.29. The van der Waals surface area contributed by atoms with Crippen LogP contribution in [0.25, 0.3) is 0 Å². The van der Waals surface area contributed by atoms with Crippen LogP contribution in [-0.4, -0.2) is 17.1 Å². The number of nitrogens with two attached hydrogens (primary N) is 1. The molecule has 0 saturated carbocycles. The summed E-state index contributed by atoms with van der Waals surface area (Å²) in [6.45, 7) is 3.91. The summed E-state index contributed by atoms with van der Waals surface area (Å²) in [5.41, 5.74) is 9.91. The standard InChI is InChI=1S/C14H17N3O/c1-9-7-11(8-10(2)17-9)13(15)14-12(18-3)5-4-6-16-14/h4-8,13H,15H2,1-3H3. The number of methoxy groups -OCH3 is 1. The maximum Gasteiger partial charge on any atom is 0.142 e. The van der Waals surface area contributed by atoms with Crippen LogP contribution in [-0.2, 0) is 0 Å². The molecule has 2 aromatic rings. The van der Waals surface area contributed by atoms with Gasteiger partial charge in [0.2, 0.25) is 0 Å². The Hall–Kier alpha value is -1.94. The van der Waals surface area contributed by atoms with Crippen molar-refractivity contribution in [3.8, 4) is 5.75 Å². The van der Waals surface area contributed by atoms with Crippen molar-refractivity contribution in [2.75, 3.05) is 7.11 Å². The molecule has 0 fully saturated rings. The van der Waals surface area contributed by atoms with Gasteiger partial charge in [0, 0.05) is 17.6 Å². The second kappa shape index (κ2) is 5.14. The molecule has 0 aliphatic heterocycles. The average molecular weight is 243 g/mol. The molecular formula is C14H17N3O. The fourth-order valence-corrected chi connectivity index (χ4v) is 2.01. The third kappa shape index (κ3) is 2.49. The van der Waals surface area contributed by atoms with Gasteiger partial charge in [0.1, 0.15) is 11.4 Å². The Morgan fingerprint density at radius 1 is 1.22 bits per heavy atom. The Bertz CT molecular complexity index is 534. The molecule has 0 radical (unpaired) electrons. The van der Waals surface area contributed by atoms with Crippen LogP contribution >= 0.6 is 0 Å². The maximum absolute atomic E-state index is 6.26. The van der Waals surface area contributed by atoms with E-state index in [0.717, 1.165) is 22.6 Å². The SMILES string of the molecule is COc1cccnc1C(N)c1cc(C)nc(C)c1. The van der Waals surface area contributed by atoms with E-state index in [9.17, 15) is 0 Å². The minimum absolute atomic E-state index is 0.304. The van der Waals surface area contributed by atoms with Crippen molar-refractivity contribution in [3.05, 3.63) is 53.1 Å². The van der Waals surface area contributed by atoms with Crippen LogP contribution in [0, 0.1) is 13.8 Å². The Morgan fingerprint density at radius 3 is 2.50 bits per heavy atom. The number of rotatable bonds is 3. The second-order valence-corrected chi connectivity index (χ2v) is 4.25. The smallest absolute Gasteiger partial charge is 0.142 e. The molecule has 0 spiro atoms. The highest BCUT2D eigenvalue weighted by atomic mass is 16.5. The predicted octanol–water partition coefficient (Wildman–Crippen LogP) is 2.15. The number of aryl methyl sites for hydroxylation is 2. The van der Waals surface area contributed by atoms with Gasteiger partial charge in [0.05, 0.1) is 13.2 Å². The van der Waals surface area contributed by atoms with Crippen molar-refractivity contribution in [2.45, 2.75) is 19.9 Å². The summed E-state index contributed by atoms with van der Waals surface area (Å²) >= 11 is 0. The minimum atomic E-state index is -0.304. The summed E-state index contributed by atoms with van der Waals surface area (Å²) in [4.78, 5) is 8.66. The van der Waals surface area contributed by atoms with Gasteiger partial charge in [-0.25, -0.2) is 0 Å². The van der Waals surface area contributed by atoms with E-state index >= 15 is 0 Å². The lowest BCUT2D eigenvalue weighted by Gasteiger charge is -2.15. The largest absolute Gasteiger partial charge is 0.495 e. The quantitative estimate of drug-likeness (QED) is 0.897. The summed E-state index contributed by atoms with van der Waals surface area (Å²) in [6.07, 6.45) is 1.72. The lowest BCUT2D eigenvalue weighted by molar-refractivity contribution is 0.404. The highest BCUT2D eigenvalue weighted by molar-refractivity contribution is 5.37. The van der Waals surface area contributed by atoms with Crippen LogP contribution in [0.3, 0.4) is 0 Å². The molecule has 1 atom stereocenters. The minimum Gasteiger partial charge on any atom is -0.495 e. The molecule has 0 saturated heterocycles. The number of hydrogen-bond acceptors (Lipinski definition) is 4. The van der Waals surface area contributed by atoms with E-state index in [4.69, 9.17) is 10.5 Å². The fourth-order valence-electron chi connectivity index (χ4n) is 2.01. The molecule has 4 nitrogen and oxygen atoms in total. The first-order valence-corrected chi connectivity index (χ1v) is 5.81. The van der Waals surface area contributed by atoms with Crippen LogP contribution < -0.4 is 10.5 Å². The van der Waals surface area contributed by atoms with Crippen molar-refractivity contribution in [1.29, 1.82) is 0 Å². The molecule has 0 aromatic carbocycles. The number of nitrogens with zero attached hydrogens (tertiary/aromatic N) is 2. The number of hydrogen-bond donors (Lipinski definition) is 1. The zero-order valence-corrected chi connectivity index (χ0v) is 10.8. The fraction of sp³-hybridized carbons (Fsp3) is 0.286. The first kappa shape index (κ1) is 12.5. The Kier molecular flexibility index (Phi) is 3.58. The van der Waals surface area contributed by atoms with Gasteiger partial charge in [-0.2, -0.15) is 0 Å². The van der Waals surface area contributed by atoms with Gasteiger partial charge in [-0.05, 0) is 43.7 Å².